The van der Waals surface area contributed by atoms with E-state index in [1.165, 1.54) is 19.1 Å². The van der Waals surface area contributed by atoms with Crippen LogP contribution in [0.2, 0.25) is 0 Å². The Morgan fingerprint density at radius 2 is 1.86 bits per heavy atom. The molecule has 0 bridgehead atoms. The van der Waals surface area contributed by atoms with Gasteiger partial charge in [-0.3, -0.25) is 0 Å². The Labute approximate surface area is 84.4 Å². The van der Waals surface area contributed by atoms with Crippen LogP contribution < -0.4 is 0 Å². The number of phenols is 1. The molecular formula is C12H15NO. The molecule has 1 aliphatic rings. The number of phenolic OH excluding ortho intramolecular Hbond substituents is 1. The topological polar surface area (TPSA) is 44.1 Å². The van der Waals surface area contributed by atoms with Crippen LogP contribution in [0.4, 0.5) is 0 Å². The van der Waals surface area contributed by atoms with Crippen LogP contribution in [0.3, 0.4) is 0 Å². The van der Waals surface area contributed by atoms with Crippen molar-refractivity contribution in [3.8, 4) is 5.75 Å². The molecule has 0 radical (unpaired) electrons. The zero-order chi connectivity index (χ0) is 10.4. The average Bonchev–Trinajstić information content (AvgIpc) is 3.03. The largest absolute Gasteiger partial charge is 0.508 e. The van der Waals surface area contributed by atoms with Crippen LogP contribution >= 0.6 is 0 Å². The molecule has 14 heavy (non-hydrogen) atoms. The van der Waals surface area contributed by atoms with E-state index in [1.807, 2.05) is 6.08 Å². The second-order valence-electron chi connectivity index (χ2n) is 3.31. The van der Waals surface area contributed by atoms with E-state index >= 15 is 0 Å². The Bertz CT molecular complexity index is 299. The molecular weight excluding hydrogens is 174 g/mol. The lowest BCUT2D eigenvalue weighted by Gasteiger charge is -1.89. The summed E-state index contributed by atoms with van der Waals surface area (Å²) < 4.78 is 0. The van der Waals surface area contributed by atoms with Gasteiger partial charge in [0.15, 0.2) is 0 Å². The first kappa shape index (κ1) is 10.5. The molecule has 0 amide bonds. The lowest BCUT2D eigenvalue weighted by Crippen LogP contribution is -1.74. The summed E-state index contributed by atoms with van der Waals surface area (Å²) in [5.74, 6) is 1.13. The highest BCUT2D eigenvalue weighted by Gasteiger charge is 2.15. The van der Waals surface area contributed by atoms with Crippen LogP contribution in [0.15, 0.2) is 36.9 Å². The summed E-state index contributed by atoms with van der Waals surface area (Å²) in [6.07, 6.45) is 6.05. The Morgan fingerprint density at radius 1 is 1.29 bits per heavy atom. The van der Waals surface area contributed by atoms with E-state index in [9.17, 15) is 0 Å². The lowest BCUT2D eigenvalue weighted by atomic mass is 10.2. The molecule has 2 N–H and O–H groups in total. The van der Waals surface area contributed by atoms with E-state index < -0.39 is 0 Å². The summed E-state index contributed by atoms with van der Waals surface area (Å²) >= 11 is 0. The molecule has 2 nitrogen and oxygen atoms in total. The van der Waals surface area contributed by atoms with Gasteiger partial charge in [-0.2, -0.15) is 0 Å². The fourth-order valence-electron chi connectivity index (χ4n) is 0.902. The molecule has 0 unspecified atom stereocenters. The highest BCUT2D eigenvalue weighted by atomic mass is 16.3. The van der Waals surface area contributed by atoms with Gasteiger partial charge in [0.05, 0.1) is 0 Å². The first-order valence-corrected chi connectivity index (χ1v) is 4.68. The summed E-state index contributed by atoms with van der Waals surface area (Å²) in [4.78, 5) is 0. The normalized spacial score (nSPS) is 13.7. The number of hydrogen-bond donors (Lipinski definition) is 2. The number of nitrogens with one attached hydrogen (secondary N) is 1. The predicted octanol–water partition coefficient (Wildman–Crippen LogP) is 2.97. The molecule has 2 heteroatoms. The van der Waals surface area contributed by atoms with Gasteiger partial charge in [-0.1, -0.05) is 6.08 Å². The average molecular weight is 189 g/mol. The molecule has 1 aromatic carbocycles. The molecule has 2 rings (SSSR count). The van der Waals surface area contributed by atoms with Crippen molar-refractivity contribution in [3.05, 3.63) is 42.5 Å². The van der Waals surface area contributed by atoms with Gasteiger partial charge >= 0.3 is 0 Å². The van der Waals surface area contributed by atoms with Crippen molar-refractivity contribution < 1.29 is 5.11 Å². The third kappa shape index (κ3) is 3.90. The molecule has 0 saturated heterocycles. The molecule has 1 saturated carbocycles. The van der Waals surface area contributed by atoms with Crippen LogP contribution in [0, 0.1) is 11.3 Å². The summed E-state index contributed by atoms with van der Waals surface area (Å²) in [6.45, 7) is 3.62. The predicted molar refractivity (Wildman–Crippen MR) is 58.9 cm³/mol. The maximum atomic E-state index is 8.78. The number of hydrogen-bond acceptors (Lipinski definition) is 2. The Kier molecular flexibility index (Phi) is 3.92. The van der Waals surface area contributed by atoms with Crippen molar-refractivity contribution in [2.24, 2.45) is 5.92 Å². The molecule has 1 fully saturated rings. The van der Waals surface area contributed by atoms with Crippen molar-refractivity contribution in [2.45, 2.75) is 12.8 Å². The van der Waals surface area contributed by atoms with E-state index in [0.717, 1.165) is 11.5 Å². The second-order valence-corrected chi connectivity index (χ2v) is 3.31. The van der Waals surface area contributed by atoms with Crippen LogP contribution in [0.1, 0.15) is 18.4 Å². The van der Waals surface area contributed by atoms with Gasteiger partial charge in [0.25, 0.3) is 0 Å². The SMILES string of the molecule is C=CC1CC1.N=Cc1ccc(O)cc1. The van der Waals surface area contributed by atoms with Gasteiger partial charge in [-0.25, -0.2) is 0 Å². The van der Waals surface area contributed by atoms with E-state index in [4.69, 9.17) is 10.5 Å². The molecule has 0 atom stereocenters. The van der Waals surface area contributed by atoms with Gasteiger partial charge in [-0.15, -0.1) is 6.58 Å². The lowest BCUT2D eigenvalue weighted by molar-refractivity contribution is 0.475. The van der Waals surface area contributed by atoms with E-state index in [0.29, 0.717) is 0 Å². The van der Waals surface area contributed by atoms with Gasteiger partial charge < -0.3 is 10.5 Å². The molecule has 1 aromatic rings. The Hall–Kier alpha value is -1.57. The summed E-state index contributed by atoms with van der Waals surface area (Å²) in [5.41, 5.74) is 0.799. The summed E-state index contributed by atoms with van der Waals surface area (Å²) in [7, 11) is 0. The smallest absolute Gasteiger partial charge is 0.115 e. The standard InChI is InChI=1S/C7H7NO.C5H8/c8-5-6-1-3-7(9)4-2-6;1-2-5-3-4-5/h1-5,8-9H;2,5H,1,3-4H2. The van der Waals surface area contributed by atoms with Crippen LogP contribution in [-0.4, -0.2) is 11.3 Å². The number of allylic oxidation sites excluding steroid dienone is 1. The number of rotatable bonds is 2. The minimum atomic E-state index is 0.237. The van der Waals surface area contributed by atoms with Gasteiger partial charge in [0.1, 0.15) is 5.75 Å². The summed E-state index contributed by atoms with van der Waals surface area (Å²) in [5, 5.41) is 15.6. The zero-order valence-electron chi connectivity index (χ0n) is 8.11. The maximum absolute atomic E-state index is 8.78. The van der Waals surface area contributed by atoms with E-state index in [1.54, 1.807) is 24.3 Å². The van der Waals surface area contributed by atoms with Gasteiger partial charge in [-0.05, 0) is 48.6 Å². The fourth-order valence-corrected chi connectivity index (χ4v) is 0.902. The monoisotopic (exact) mass is 189 g/mol. The van der Waals surface area contributed by atoms with Crippen LogP contribution in [-0.2, 0) is 0 Å². The molecule has 0 aliphatic heterocycles. The van der Waals surface area contributed by atoms with Gasteiger partial charge in [0, 0.05) is 6.21 Å². The van der Waals surface area contributed by atoms with Crippen LogP contribution in [0.5, 0.6) is 5.75 Å². The molecule has 74 valence electrons. The second kappa shape index (κ2) is 5.22. The fraction of sp³-hybridized carbons (Fsp3) is 0.250. The first-order valence-electron chi connectivity index (χ1n) is 4.68. The summed E-state index contributed by atoms with van der Waals surface area (Å²) in [6, 6.07) is 6.48. The Morgan fingerprint density at radius 3 is 2.14 bits per heavy atom. The zero-order valence-corrected chi connectivity index (χ0v) is 8.11. The number of benzene rings is 1. The molecule has 0 spiro atoms. The third-order valence-corrected chi connectivity index (χ3v) is 2.02. The minimum Gasteiger partial charge on any atom is -0.508 e. The van der Waals surface area contributed by atoms with Gasteiger partial charge in [0.2, 0.25) is 0 Å². The van der Waals surface area contributed by atoms with Crippen molar-refractivity contribution in [1.29, 1.82) is 5.41 Å². The molecule has 1 aliphatic carbocycles. The Balaban J connectivity index is 0.000000165. The van der Waals surface area contributed by atoms with Crippen molar-refractivity contribution in [1.82, 2.24) is 0 Å². The molecule has 0 aromatic heterocycles. The van der Waals surface area contributed by atoms with E-state index in [-0.39, 0.29) is 5.75 Å². The quantitative estimate of drug-likeness (QED) is 0.545. The minimum absolute atomic E-state index is 0.237. The van der Waals surface area contributed by atoms with Crippen molar-refractivity contribution in [2.75, 3.05) is 0 Å². The third-order valence-electron chi connectivity index (χ3n) is 2.02. The van der Waals surface area contributed by atoms with Crippen LogP contribution in [0.25, 0.3) is 0 Å². The highest BCUT2D eigenvalue weighted by molar-refractivity contribution is 5.76. The van der Waals surface area contributed by atoms with Crippen molar-refractivity contribution >= 4 is 6.21 Å². The number of aromatic hydroxyl groups is 1. The maximum Gasteiger partial charge on any atom is 0.115 e. The van der Waals surface area contributed by atoms with E-state index in [2.05, 4.69) is 6.58 Å². The highest BCUT2D eigenvalue weighted by Crippen LogP contribution is 2.28. The van der Waals surface area contributed by atoms with Crippen molar-refractivity contribution in [3.63, 3.8) is 0 Å². The first-order chi connectivity index (χ1) is 6.76. The molecule has 0 heterocycles.